The minimum absolute atomic E-state index is 0.0558. The largest absolute Gasteiger partial charge is 0.466 e. The minimum atomic E-state index is -1.30. The summed E-state index contributed by atoms with van der Waals surface area (Å²) in [5.74, 6) is 0.618. The number of ether oxygens (including phenoxy) is 2. The second-order valence-electron chi connectivity index (χ2n) is 8.45. The maximum atomic E-state index is 12.7. The number of fused-ring (bicyclic) bond motifs is 1. The van der Waals surface area contributed by atoms with Crippen molar-refractivity contribution in [2.45, 2.75) is 70.0 Å². The van der Waals surface area contributed by atoms with Crippen molar-refractivity contribution < 1.29 is 24.2 Å². The van der Waals surface area contributed by atoms with E-state index >= 15 is 0 Å². The van der Waals surface area contributed by atoms with E-state index in [1.54, 1.807) is 11.8 Å². The van der Waals surface area contributed by atoms with Crippen LogP contribution in [0, 0.1) is 0 Å². The summed E-state index contributed by atoms with van der Waals surface area (Å²) in [7, 11) is 1.50. The average Bonchev–Trinajstić information content (AvgIpc) is 2.76. The van der Waals surface area contributed by atoms with Gasteiger partial charge in [-0.3, -0.25) is 9.59 Å². The molecule has 2 aliphatic rings. The van der Waals surface area contributed by atoms with E-state index in [0.717, 1.165) is 50.2 Å². The molecule has 0 bridgehead atoms. The van der Waals surface area contributed by atoms with E-state index < -0.39 is 17.7 Å². The van der Waals surface area contributed by atoms with Gasteiger partial charge in [0, 0.05) is 38.9 Å². The van der Waals surface area contributed by atoms with E-state index in [2.05, 4.69) is 17.4 Å². The molecule has 2 N–H and O–H groups in total. The van der Waals surface area contributed by atoms with Crippen molar-refractivity contribution >= 4 is 17.7 Å². The van der Waals surface area contributed by atoms with E-state index in [0.29, 0.717) is 19.4 Å². The van der Waals surface area contributed by atoms with Gasteiger partial charge in [0.2, 0.25) is 5.91 Å². The summed E-state index contributed by atoms with van der Waals surface area (Å²) in [6.07, 6.45) is 4.78. The normalized spacial score (nSPS) is 23.1. The molecule has 3 heterocycles. The number of aliphatic hydroxyl groups is 1. The first-order valence-electron chi connectivity index (χ1n) is 11.4. The zero-order chi connectivity index (χ0) is 22.3. The lowest BCUT2D eigenvalue weighted by atomic mass is 9.85. The monoisotopic (exact) mass is 433 g/mol. The van der Waals surface area contributed by atoms with Crippen molar-refractivity contribution in [2.24, 2.45) is 0 Å². The molecule has 8 heteroatoms. The number of nitrogens with zero attached hydrogens (tertiary/aromatic N) is 2. The average molecular weight is 434 g/mol. The van der Waals surface area contributed by atoms with Crippen molar-refractivity contribution in [1.29, 1.82) is 0 Å². The number of aromatic nitrogens is 1. The number of rotatable bonds is 9. The number of aryl methyl sites for hydroxylation is 2. The van der Waals surface area contributed by atoms with E-state index in [1.807, 2.05) is 0 Å². The quantitative estimate of drug-likeness (QED) is 0.454. The lowest BCUT2D eigenvalue weighted by Crippen LogP contribution is -2.58. The lowest BCUT2D eigenvalue weighted by Gasteiger charge is -2.43. The molecule has 31 heavy (non-hydrogen) atoms. The van der Waals surface area contributed by atoms with Crippen LogP contribution in [-0.2, 0) is 31.9 Å². The number of carbonyl (C=O) groups excluding carboxylic acids is 2. The first-order valence-corrected chi connectivity index (χ1v) is 11.4. The summed E-state index contributed by atoms with van der Waals surface area (Å²) < 4.78 is 10.4. The molecular formula is C23H35N3O5. The summed E-state index contributed by atoms with van der Waals surface area (Å²) in [4.78, 5) is 30.9. The van der Waals surface area contributed by atoms with Gasteiger partial charge in [0.15, 0.2) is 0 Å². The molecule has 2 unspecified atom stereocenters. The smallest absolute Gasteiger partial charge is 0.308 e. The third-order valence-electron chi connectivity index (χ3n) is 6.22. The third-order valence-corrected chi connectivity index (χ3v) is 6.22. The van der Waals surface area contributed by atoms with Crippen LogP contribution < -0.4 is 5.32 Å². The second-order valence-corrected chi connectivity index (χ2v) is 8.45. The number of anilines is 1. The molecule has 1 fully saturated rings. The molecule has 0 radical (unpaired) electrons. The Labute approximate surface area is 184 Å². The van der Waals surface area contributed by atoms with Crippen LogP contribution in [0.4, 0.5) is 5.82 Å². The van der Waals surface area contributed by atoms with Crippen LogP contribution in [0.15, 0.2) is 12.1 Å². The molecule has 2 atom stereocenters. The molecule has 0 aliphatic carbocycles. The van der Waals surface area contributed by atoms with Crippen LogP contribution in [0.5, 0.6) is 0 Å². The number of amides is 1. The van der Waals surface area contributed by atoms with Gasteiger partial charge in [-0.05, 0) is 57.1 Å². The van der Waals surface area contributed by atoms with Gasteiger partial charge in [-0.1, -0.05) is 6.07 Å². The number of carbonyl (C=O) groups is 2. The molecule has 172 valence electrons. The number of methoxy groups -OCH3 is 1. The van der Waals surface area contributed by atoms with Gasteiger partial charge in [-0.25, -0.2) is 4.98 Å². The molecule has 1 saturated heterocycles. The molecule has 8 nitrogen and oxygen atoms in total. The molecule has 2 aliphatic heterocycles. The van der Waals surface area contributed by atoms with Crippen LogP contribution in [0.25, 0.3) is 0 Å². The van der Waals surface area contributed by atoms with Crippen LogP contribution in [0.3, 0.4) is 0 Å². The molecule has 0 spiro atoms. The molecule has 1 aromatic heterocycles. The maximum Gasteiger partial charge on any atom is 0.308 e. The van der Waals surface area contributed by atoms with Crippen molar-refractivity contribution in [3.05, 3.63) is 23.4 Å². The van der Waals surface area contributed by atoms with Gasteiger partial charge in [0.05, 0.1) is 13.0 Å². The highest BCUT2D eigenvalue weighted by molar-refractivity contribution is 5.76. The topological polar surface area (TPSA) is 101 Å². The van der Waals surface area contributed by atoms with Gasteiger partial charge in [0.25, 0.3) is 0 Å². The van der Waals surface area contributed by atoms with E-state index in [9.17, 15) is 14.7 Å². The Morgan fingerprint density at radius 2 is 2.19 bits per heavy atom. The number of piperidine rings is 1. The fourth-order valence-electron chi connectivity index (χ4n) is 4.38. The molecule has 0 aromatic carbocycles. The number of hydrogen-bond acceptors (Lipinski definition) is 7. The van der Waals surface area contributed by atoms with Gasteiger partial charge < -0.3 is 24.8 Å². The van der Waals surface area contributed by atoms with E-state index in [1.165, 1.54) is 12.7 Å². The van der Waals surface area contributed by atoms with Crippen molar-refractivity contribution in [2.75, 3.05) is 38.7 Å². The molecule has 0 saturated carbocycles. The highest BCUT2D eigenvalue weighted by atomic mass is 16.5. The second kappa shape index (κ2) is 10.9. The van der Waals surface area contributed by atoms with E-state index in [-0.39, 0.29) is 25.5 Å². The summed E-state index contributed by atoms with van der Waals surface area (Å²) >= 11 is 0. The van der Waals surface area contributed by atoms with Crippen LogP contribution >= 0.6 is 0 Å². The first kappa shape index (κ1) is 23.5. The van der Waals surface area contributed by atoms with Crippen LogP contribution in [-0.4, -0.2) is 71.9 Å². The Bertz CT molecular complexity index is 772. The Kier molecular flexibility index (Phi) is 8.26. The minimum Gasteiger partial charge on any atom is -0.466 e. The number of likely N-dealkylation sites (tertiary alicyclic amines) is 1. The Morgan fingerprint density at radius 3 is 2.97 bits per heavy atom. The maximum absolute atomic E-state index is 12.7. The van der Waals surface area contributed by atoms with Gasteiger partial charge >= 0.3 is 5.97 Å². The Morgan fingerprint density at radius 1 is 1.35 bits per heavy atom. The number of unbranched alkanes of at least 4 members (excludes halogenated alkanes) is 1. The standard InChI is InChI=1S/C23H35N3O5/c1-3-31-21(28)15-23(29)12-14-26(16-19(23)30-2)20(27)9-5-4-8-18-11-10-17-7-6-13-24-22(17)25-18/h10-11,19,29H,3-9,12-16H2,1-2H3,(H,24,25). The summed E-state index contributed by atoms with van der Waals surface area (Å²) in [6, 6.07) is 4.25. The highest BCUT2D eigenvalue weighted by Crippen LogP contribution is 2.29. The highest BCUT2D eigenvalue weighted by Gasteiger charge is 2.44. The molecule has 1 amide bonds. The fraction of sp³-hybridized carbons (Fsp3) is 0.696. The van der Waals surface area contributed by atoms with E-state index in [4.69, 9.17) is 14.5 Å². The fourth-order valence-corrected chi connectivity index (χ4v) is 4.38. The van der Waals surface area contributed by atoms with Gasteiger partial charge in [-0.15, -0.1) is 0 Å². The predicted octanol–water partition coefficient (Wildman–Crippen LogP) is 2.08. The number of hydrogen-bond donors (Lipinski definition) is 2. The summed E-state index contributed by atoms with van der Waals surface area (Å²) in [6.45, 7) is 3.67. The van der Waals surface area contributed by atoms with Gasteiger partial charge in [-0.2, -0.15) is 0 Å². The van der Waals surface area contributed by atoms with Crippen molar-refractivity contribution in [1.82, 2.24) is 9.88 Å². The zero-order valence-electron chi connectivity index (χ0n) is 18.7. The van der Waals surface area contributed by atoms with Gasteiger partial charge in [0.1, 0.15) is 17.5 Å². The summed E-state index contributed by atoms with van der Waals surface area (Å²) in [5.41, 5.74) is 1.04. The lowest BCUT2D eigenvalue weighted by molar-refractivity contribution is -0.170. The van der Waals surface area contributed by atoms with Crippen molar-refractivity contribution in [3.8, 4) is 0 Å². The molecule has 3 rings (SSSR count). The Balaban J connectivity index is 1.43. The SMILES string of the molecule is CCOC(=O)CC1(O)CCN(C(=O)CCCCc2ccc3c(n2)NCCC3)CC1OC. The molecular weight excluding hydrogens is 398 g/mol. The predicted molar refractivity (Wildman–Crippen MR) is 117 cm³/mol. The molecule has 1 aromatic rings. The number of esters is 1. The first-order chi connectivity index (χ1) is 14.9. The van der Waals surface area contributed by atoms with Crippen LogP contribution in [0.2, 0.25) is 0 Å². The number of pyridine rings is 1. The Hall–Kier alpha value is -2.19. The zero-order valence-corrected chi connectivity index (χ0v) is 18.7. The number of nitrogens with one attached hydrogen (secondary N) is 1. The van der Waals surface area contributed by atoms with Crippen molar-refractivity contribution in [3.63, 3.8) is 0 Å². The summed E-state index contributed by atoms with van der Waals surface area (Å²) in [5, 5.41) is 14.2. The van der Waals surface area contributed by atoms with Crippen LogP contribution in [0.1, 0.15) is 56.7 Å². The third kappa shape index (κ3) is 6.17.